The van der Waals surface area contributed by atoms with E-state index in [2.05, 4.69) is 11.9 Å². The van der Waals surface area contributed by atoms with Gasteiger partial charge in [-0.2, -0.15) is 0 Å². The molecule has 0 amide bonds. The second-order valence-corrected chi connectivity index (χ2v) is 4.49. The molecular weight excluding hydrogens is 210 g/mol. The summed E-state index contributed by atoms with van der Waals surface area (Å²) in [5.41, 5.74) is 0. The van der Waals surface area contributed by atoms with E-state index in [0.29, 0.717) is 13.2 Å². The van der Waals surface area contributed by atoms with Crippen LogP contribution in [0.4, 0.5) is 0 Å². The SMILES string of the molecule is CCCC(OCC)(OCC)C1=NCCS1. The third-order valence-electron chi connectivity index (χ3n) is 2.25. The number of hydrogen-bond acceptors (Lipinski definition) is 4. The van der Waals surface area contributed by atoms with Crippen molar-refractivity contribution in [2.75, 3.05) is 25.5 Å². The standard InChI is InChI=1S/C11H21NO2S/c1-4-7-11(13-5-2,14-6-3)10-12-8-9-15-10/h4-9H2,1-3H3. The molecule has 4 heteroatoms. The first kappa shape index (κ1) is 13.0. The van der Waals surface area contributed by atoms with E-state index < -0.39 is 5.79 Å². The minimum atomic E-state index is -0.556. The second-order valence-electron chi connectivity index (χ2n) is 3.40. The molecule has 1 aliphatic heterocycles. The van der Waals surface area contributed by atoms with Crippen LogP contribution in [0, 0.1) is 0 Å². The summed E-state index contributed by atoms with van der Waals surface area (Å²) in [7, 11) is 0. The molecule has 1 aliphatic rings. The van der Waals surface area contributed by atoms with E-state index in [1.54, 1.807) is 11.8 Å². The minimum absolute atomic E-state index is 0.556. The van der Waals surface area contributed by atoms with Crippen molar-refractivity contribution in [3.63, 3.8) is 0 Å². The molecule has 88 valence electrons. The van der Waals surface area contributed by atoms with Crippen LogP contribution in [0.1, 0.15) is 33.6 Å². The first-order chi connectivity index (χ1) is 7.29. The molecule has 0 saturated carbocycles. The number of thioether (sulfide) groups is 1. The highest BCUT2D eigenvalue weighted by atomic mass is 32.2. The fraction of sp³-hybridized carbons (Fsp3) is 0.909. The third kappa shape index (κ3) is 3.20. The van der Waals surface area contributed by atoms with Gasteiger partial charge in [0.2, 0.25) is 5.79 Å². The molecule has 0 aromatic rings. The number of aliphatic imine (C=N–C) groups is 1. The van der Waals surface area contributed by atoms with Gasteiger partial charge in [0.05, 0.1) is 0 Å². The second kappa shape index (κ2) is 6.51. The Morgan fingerprint density at radius 1 is 1.27 bits per heavy atom. The van der Waals surface area contributed by atoms with Gasteiger partial charge in [-0.15, -0.1) is 11.8 Å². The largest absolute Gasteiger partial charge is 0.345 e. The van der Waals surface area contributed by atoms with E-state index in [-0.39, 0.29) is 0 Å². The summed E-state index contributed by atoms with van der Waals surface area (Å²) in [5, 5.41) is 1.04. The average molecular weight is 231 g/mol. The molecule has 0 aromatic heterocycles. The summed E-state index contributed by atoms with van der Waals surface area (Å²) in [6, 6.07) is 0. The Morgan fingerprint density at radius 3 is 2.33 bits per heavy atom. The minimum Gasteiger partial charge on any atom is -0.345 e. The van der Waals surface area contributed by atoms with Crippen LogP contribution in [-0.2, 0) is 9.47 Å². The average Bonchev–Trinajstić information content (AvgIpc) is 2.72. The summed E-state index contributed by atoms with van der Waals surface area (Å²) in [6.07, 6.45) is 1.93. The van der Waals surface area contributed by atoms with Gasteiger partial charge in [0.1, 0.15) is 5.04 Å². The zero-order valence-electron chi connectivity index (χ0n) is 9.91. The lowest BCUT2D eigenvalue weighted by Gasteiger charge is -2.32. The van der Waals surface area contributed by atoms with Crippen molar-refractivity contribution < 1.29 is 9.47 Å². The van der Waals surface area contributed by atoms with Crippen LogP contribution in [-0.4, -0.2) is 36.3 Å². The van der Waals surface area contributed by atoms with E-state index in [1.165, 1.54) is 0 Å². The summed E-state index contributed by atoms with van der Waals surface area (Å²) in [6.45, 7) is 8.38. The lowest BCUT2D eigenvalue weighted by Crippen LogP contribution is -2.42. The van der Waals surface area contributed by atoms with E-state index in [4.69, 9.17) is 9.47 Å². The Labute approximate surface area is 96.6 Å². The summed E-state index contributed by atoms with van der Waals surface area (Å²) in [4.78, 5) is 4.49. The quantitative estimate of drug-likeness (QED) is 0.631. The summed E-state index contributed by atoms with van der Waals surface area (Å²) >= 11 is 1.77. The number of ether oxygens (including phenoxy) is 2. The van der Waals surface area contributed by atoms with Crippen molar-refractivity contribution >= 4 is 16.8 Å². The van der Waals surface area contributed by atoms with Crippen molar-refractivity contribution in [3.05, 3.63) is 0 Å². The molecule has 0 aliphatic carbocycles. The normalized spacial score (nSPS) is 16.9. The maximum Gasteiger partial charge on any atom is 0.218 e. The highest BCUT2D eigenvalue weighted by Gasteiger charge is 2.38. The van der Waals surface area contributed by atoms with E-state index >= 15 is 0 Å². The first-order valence-electron chi connectivity index (χ1n) is 5.74. The van der Waals surface area contributed by atoms with Crippen molar-refractivity contribution in [1.82, 2.24) is 0 Å². The molecule has 3 nitrogen and oxygen atoms in total. The van der Waals surface area contributed by atoms with Crippen LogP contribution >= 0.6 is 11.8 Å². The monoisotopic (exact) mass is 231 g/mol. The zero-order chi connectivity index (χ0) is 11.1. The number of hydrogen-bond donors (Lipinski definition) is 0. The molecule has 1 rings (SSSR count). The van der Waals surface area contributed by atoms with Crippen LogP contribution in [0.5, 0.6) is 0 Å². The van der Waals surface area contributed by atoms with Crippen molar-refractivity contribution in [3.8, 4) is 0 Å². The Hall–Kier alpha value is -0.0600. The molecule has 0 fully saturated rings. The van der Waals surface area contributed by atoms with Crippen LogP contribution in [0.15, 0.2) is 4.99 Å². The maximum absolute atomic E-state index is 5.82. The van der Waals surface area contributed by atoms with Crippen LogP contribution in [0.25, 0.3) is 0 Å². The Kier molecular flexibility index (Phi) is 5.64. The molecule has 15 heavy (non-hydrogen) atoms. The van der Waals surface area contributed by atoms with Gasteiger partial charge in [-0.25, -0.2) is 0 Å². The van der Waals surface area contributed by atoms with Gasteiger partial charge in [-0.1, -0.05) is 13.3 Å². The molecule has 0 atom stereocenters. The molecule has 0 saturated heterocycles. The lowest BCUT2D eigenvalue weighted by molar-refractivity contribution is -0.185. The topological polar surface area (TPSA) is 30.8 Å². The van der Waals surface area contributed by atoms with E-state index in [1.807, 2.05) is 13.8 Å². The van der Waals surface area contributed by atoms with Gasteiger partial charge in [-0.3, -0.25) is 4.99 Å². The van der Waals surface area contributed by atoms with E-state index in [0.717, 1.165) is 30.2 Å². The van der Waals surface area contributed by atoms with Crippen LogP contribution in [0.2, 0.25) is 0 Å². The smallest absolute Gasteiger partial charge is 0.218 e. The Balaban J connectivity index is 2.78. The van der Waals surface area contributed by atoms with Crippen molar-refractivity contribution in [2.24, 2.45) is 4.99 Å². The lowest BCUT2D eigenvalue weighted by atomic mass is 10.1. The van der Waals surface area contributed by atoms with Gasteiger partial charge in [-0.05, 0) is 13.8 Å². The van der Waals surface area contributed by atoms with Gasteiger partial charge < -0.3 is 9.47 Å². The molecule has 0 aromatic carbocycles. The summed E-state index contributed by atoms with van der Waals surface area (Å²) in [5.74, 6) is 0.500. The third-order valence-corrected chi connectivity index (χ3v) is 3.35. The van der Waals surface area contributed by atoms with E-state index in [9.17, 15) is 0 Å². The zero-order valence-corrected chi connectivity index (χ0v) is 10.7. The molecule has 0 N–H and O–H groups in total. The molecule has 1 heterocycles. The molecular formula is C11H21NO2S. The summed E-state index contributed by atoms with van der Waals surface area (Å²) < 4.78 is 11.6. The first-order valence-corrected chi connectivity index (χ1v) is 6.73. The fourth-order valence-electron chi connectivity index (χ4n) is 1.78. The Morgan fingerprint density at radius 2 is 1.93 bits per heavy atom. The van der Waals surface area contributed by atoms with Gasteiger partial charge in [0.15, 0.2) is 0 Å². The number of nitrogens with zero attached hydrogens (tertiary/aromatic N) is 1. The van der Waals surface area contributed by atoms with Gasteiger partial charge in [0, 0.05) is 31.9 Å². The molecule has 0 radical (unpaired) electrons. The molecule has 0 unspecified atom stereocenters. The highest BCUT2D eigenvalue weighted by molar-refractivity contribution is 8.14. The number of rotatable bonds is 7. The predicted octanol–water partition coefficient (Wildman–Crippen LogP) is 2.70. The van der Waals surface area contributed by atoms with Crippen LogP contribution in [0.3, 0.4) is 0 Å². The molecule has 0 spiro atoms. The maximum atomic E-state index is 5.82. The van der Waals surface area contributed by atoms with Crippen molar-refractivity contribution in [1.29, 1.82) is 0 Å². The fourth-order valence-corrected chi connectivity index (χ4v) is 2.78. The predicted molar refractivity (Wildman–Crippen MR) is 65.7 cm³/mol. The van der Waals surface area contributed by atoms with Crippen LogP contribution < -0.4 is 0 Å². The Bertz CT molecular complexity index is 202. The van der Waals surface area contributed by atoms with Crippen molar-refractivity contribution in [2.45, 2.75) is 39.4 Å². The molecule has 0 bridgehead atoms. The van der Waals surface area contributed by atoms with Gasteiger partial charge >= 0.3 is 0 Å². The van der Waals surface area contributed by atoms with Gasteiger partial charge in [0.25, 0.3) is 0 Å². The highest BCUT2D eigenvalue weighted by Crippen LogP contribution is 2.31.